The molecule has 1 aliphatic carbocycles. The zero-order chi connectivity index (χ0) is 21.0. The van der Waals surface area contributed by atoms with E-state index in [1.807, 2.05) is 6.07 Å². The van der Waals surface area contributed by atoms with Crippen LogP contribution >= 0.6 is 11.6 Å². The fraction of sp³-hybridized carbons (Fsp3) is 0.478. The van der Waals surface area contributed by atoms with Crippen LogP contribution in [0.4, 0.5) is 0 Å². The topological polar surface area (TPSA) is 99.4 Å². The Labute approximate surface area is 179 Å². The number of fused-ring (bicyclic) bond motifs is 2. The van der Waals surface area contributed by atoms with E-state index in [0.717, 1.165) is 16.7 Å². The van der Waals surface area contributed by atoms with Crippen LogP contribution in [0.15, 0.2) is 36.4 Å². The summed E-state index contributed by atoms with van der Waals surface area (Å²) in [6.45, 7) is -0.372. The van der Waals surface area contributed by atoms with E-state index < -0.39 is 36.8 Å². The molecule has 2 aromatic carbocycles. The molecule has 0 aromatic heterocycles. The van der Waals surface area contributed by atoms with Gasteiger partial charge in [0.05, 0.1) is 13.2 Å². The summed E-state index contributed by atoms with van der Waals surface area (Å²) in [5.41, 5.74) is 4.63. The highest BCUT2D eigenvalue weighted by molar-refractivity contribution is 6.31. The van der Waals surface area contributed by atoms with Gasteiger partial charge in [-0.3, -0.25) is 0 Å². The molecule has 0 amide bonds. The molecule has 0 bridgehead atoms. The zero-order valence-corrected chi connectivity index (χ0v) is 17.1. The SMILES string of the molecule is OC[C@H]1O[C@]2(OCc3cc(Cl)c(Cc4ccc(C5CC5)cc4)cc32)[C@H](O)[C@@H](O)[C@@H]1O. The fourth-order valence-corrected chi connectivity index (χ4v) is 4.78. The van der Waals surface area contributed by atoms with Crippen LogP contribution in [-0.4, -0.2) is 51.4 Å². The van der Waals surface area contributed by atoms with E-state index in [0.29, 0.717) is 22.9 Å². The van der Waals surface area contributed by atoms with Gasteiger partial charge in [0, 0.05) is 10.6 Å². The lowest BCUT2D eigenvalue weighted by atomic mass is 9.86. The summed E-state index contributed by atoms with van der Waals surface area (Å²) in [7, 11) is 0. The molecule has 6 nitrogen and oxygen atoms in total. The molecule has 160 valence electrons. The predicted octanol–water partition coefficient (Wildman–Crippen LogP) is 1.96. The van der Waals surface area contributed by atoms with E-state index in [1.54, 1.807) is 6.07 Å². The Morgan fingerprint density at radius 2 is 1.77 bits per heavy atom. The van der Waals surface area contributed by atoms with Gasteiger partial charge < -0.3 is 29.9 Å². The molecule has 1 saturated carbocycles. The number of hydrogen-bond donors (Lipinski definition) is 4. The van der Waals surface area contributed by atoms with Crippen molar-refractivity contribution in [3.05, 3.63) is 69.2 Å². The number of ether oxygens (including phenoxy) is 2. The minimum Gasteiger partial charge on any atom is -0.394 e. The zero-order valence-electron chi connectivity index (χ0n) is 16.4. The summed E-state index contributed by atoms with van der Waals surface area (Å²) in [5, 5.41) is 41.3. The molecule has 5 atom stereocenters. The molecule has 5 rings (SSSR count). The Balaban J connectivity index is 1.48. The van der Waals surface area contributed by atoms with Crippen LogP contribution in [0.3, 0.4) is 0 Å². The van der Waals surface area contributed by atoms with Crippen molar-refractivity contribution in [2.24, 2.45) is 0 Å². The molecule has 0 unspecified atom stereocenters. The van der Waals surface area contributed by atoms with Gasteiger partial charge in [-0.1, -0.05) is 35.9 Å². The Morgan fingerprint density at radius 3 is 2.43 bits per heavy atom. The number of benzene rings is 2. The highest BCUT2D eigenvalue weighted by atomic mass is 35.5. The van der Waals surface area contributed by atoms with Gasteiger partial charge in [0.25, 0.3) is 0 Å². The van der Waals surface area contributed by atoms with Crippen molar-refractivity contribution in [2.75, 3.05) is 6.61 Å². The lowest BCUT2D eigenvalue weighted by Crippen LogP contribution is -2.63. The van der Waals surface area contributed by atoms with Crippen molar-refractivity contribution in [3.63, 3.8) is 0 Å². The van der Waals surface area contributed by atoms with Gasteiger partial charge in [-0.15, -0.1) is 0 Å². The molecule has 2 aromatic rings. The number of aliphatic hydroxyl groups excluding tert-OH is 4. The highest BCUT2D eigenvalue weighted by Crippen LogP contribution is 2.47. The van der Waals surface area contributed by atoms with Crippen molar-refractivity contribution in [1.82, 2.24) is 0 Å². The maximum atomic E-state index is 10.7. The second kappa shape index (κ2) is 7.57. The number of rotatable bonds is 4. The van der Waals surface area contributed by atoms with E-state index in [9.17, 15) is 20.4 Å². The van der Waals surface area contributed by atoms with E-state index in [4.69, 9.17) is 21.1 Å². The van der Waals surface area contributed by atoms with Crippen LogP contribution < -0.4 is 0 Å². The summed E-state index contributed by atoms with van der Waals surface area (Å²) >= 11 is 6.53. The van der Waals surface area contributed by atoms with Gasteiger partial charge in [0.2, 0.25) is 5.79 Å². The van der Waals surface area contributed by atoms with Crippen LogP contribution in [0.2, 0.25) is 5.02 Å². The molecular weight excluding hydrogens is 408 g/mol. The monoisotopic (exact) mass is 432 g/mol. The maximum absolute atomic E-state index is 10.7. The van der Waals surface area contributed by atoms with E-state index >= 15 is 0 Å². The molecular formula is C23H25ClO6. The van der Waals surface area contributed by atoms with Crippen molar-refractivity contribution in [1.29, 1.82) is 0 Å². The van der Waals surface area contributed by atoms with E-state index in [2.05, 4.69) is 24.3 Å². The van der Waals surface area contributed by atoms with Gasteiger partial charge in [0.15, 0.2) is 0 Å². The molecule has 3 aliphatic rings. The average molecular weight is 433 g/mol. The first kappa shape index (κ1) is 20.4. The molecule has 1 spiro atoms. The van der Waals surface area contributed by atoms with Crippen molar-refractivity contribution in [3.8, 4) is 0 Å². The minimum atomic E-state index is -1.66. The van der Waals surface area contributed by atoms with E-state index in [-0.39, 0.29) is 6.61 Å². The number of aliphatic hydroxyl groups is 4. The highest BCUT2D eigenvalue weighted by Gasteiger charge is 2.58. The molecule has 4 N–H and O–H groups in total. The van der Waals surface area contributed by atoms with Crippen molar-refractivity contribution < 1.29 is 29.9 Å². The molecule has 2 heterocycles. The van der Waals surface area contributed by atoms with Gasteiger partial charge >= 0.3 is 0 Å². The van der Waals surface area contributed by atoms with Gasteiger partial charge in [0.1, 0.15) is 24.4 Å². The maximum Gasteiger partial charge on any atom is 0.225 e. The fourth-order valence-electron chi connectivity index (χ4n) is 4.53. The Kier molecular flexibility index (Phi) is 5.14. The predicted molar refractivity (Wildman–Crippen MR) is 109 cm³/mol. The Bertz CT molecular complexity index is 941. The summed E-state index contributed by atoms with van der Waals surface area (Å²) in [6, 6.07) is 12.2. The van der Waals surface area contributed by atoms with Gasteiger partial charge in [-0.2, -0.15) is 0 Å². The summed E-state index contributed by atoms with van der Waals surface area (Å²) in [4.78, 5) is 0. The first-order valence-corrected chi connectivity index (χ1v) is 10.7. The lowest BCUT2D eigenvalue weighted by molar-refractivity contribution is -0.368. The second-order valence-electron chi connectivity index (χ2n) is 8.51. The molecule has 2 fully saturated rings. The third-order valence-corrected chi connectivity index (χ3v) is 6.81. The molecule has 0 radical (unpaired) electrons. The molecule has 7 heteroatoms. The summed E-state index contributed by atoms with van der Waals surface area (Å²) < 4.78 is 11.6. The Morgan fingerprint density at radius 1 is 1.03 bits per heavy atom. The first-order valence-electron chi connectivity index (χ1n) is 10.3. The molecule has 2 aliphatic heterocycles. The van der Waals surface area contributed by atoms with Crippen molar-refractivity contribution in [2.45, 2.75) is 62.0 Å². The summed E-state index contributed by atoms with van der Waals surface area (Å²) in [6.07, 6.45) is -2.41. The van der Waals surface area contributed by atoms with Gasteiger partial charge in [-0.25, -0.2) is 0 Å². The number of halogens is 1. The third kappa shape index (κ3) is 3.28. The number of hydrogen-bond acceptors (Lipinski definition) is 6. The first-order chi connectivity index (χ1) is 14.4. The quantitative estimate of drug-likeness (QED) is 0.589. The largest absolute Gasteiger partial charge is 0.394 e. The normalized spacial score (nSPS) is 33.1. The third-order valence-electron chi connectivity index (χ3n) is 6.46. The lowest BCUT2D eigenvalue weighted by Gasteiger charge is -2.46. The van der Waals surface area contributed by atoms with Crippen LogP contribution in [0, 0.1) is 0 Å². The second-order valence-corrected chi connectivity index (χ2v) is 8.92. The molecule has 30 heavy (non-hydrogen) atoms. The molecule has 1 saturated heterocycles. The van der Waals surface area contributed by atoms with Crippen LogP contribution in [0.5, 0.6) is 0 Å². The summed E-state index contributed by atoms with van der Waals surface area (Å²) in [5.74, 6) is -0.956. The van der Waals surface area contributed by atoms with Crippen LogP contribution in [0.1, 0.15) is 46.6 Å². The van der Waals surface area contributed by atoms with Crippen molar-refractivity contribution >= 4 is 11.6 Å². The van der Waals surface area contributed by atoms with E-state index in [1.165, 1.54) is 18.4 Å². The smallest absolute Gasteiger partial charge is 0.225 e. The minimum absolute atomic E-state index is 0.142. The standard InChI is InChI=1S/C23H25ClO6/c24-18-9-16-11-29-23(22(28)21(27)20(26)19(10-25)30-23)17(16)8-15(18)7-12-1-3-13(4-2-12)14-5-6-14/h1-4,8-9,14,19-22,25-28H,5-7,10-11H2/t19-,20-,21+,22-,23+/m1/s1. The van der Waals surface area contributed by atoms with Crippen LogP contribution in [0.25, 0.3) is 0 Å². The Hall–Kier alpha value is -1.51. The van der Waals surface area contributed by atoms with Gasteiger partial charge in [-0.05, 0) is 59.6 Å². The van der Waals surface area contributed by atoms with Crippen LogP contribution in [-0.2, 0) is 28.3 Å². The average Bonchev–Trinajstić information content (AvgIpc) is 3.54.